The van der Waals surface area contributed by atoms with Gasteiger partial charge in [0.25, 0.3) is 0 Å². The van der Waals surface area contributed by atoms with E-state index < -0.39 is 6.10 Å². The van der Waals surface area contributed by atoms with Gasteiger partial charge in [0.15, 0.2) is 11.6 Å². The SMILES string of the molecule is O=C(CCC(O)CO)c1cncc(-c2nnc(NCc3ccccn3)c3c(-c4ccccc4)cccc23)c1. The van der Waals surface area contributed by atoms with E-state index in [0.29, 0.717) is 29.2 Å². The van der Waals surface area contributed by atoms with Gasteiger partial charge in [0.2, 0.25) is 0 Å². The first-order chi connectivity index (χ1) is 18.6. The molecule has 5 aromatic rings. The number of hydrogen-bond acceptors (Lipinski definition) is 8. The molecule has 3 heterocycles. The minimum atomic E-state index is -0.924. The Kier molecular flexibility index (Phi) is 7.73. The number of carbonyl (C=O) groups is 1. The molecule has 0 saturated heterocycles. The summed E-state index contributed by atoms with van der Waals surface area (Å²) in [6.07, 6.45) is 4.29. The number of nitrogens with one attached hydrogen (secondary N) is 1. The van der Waals surface area contributed by atoms with Crippen molar-refractivity contribution in [2.75, 3.05) is 11.9 Å². The van der Waals surface area contributed by atoms with Gasteiger partial charge in [0, 0.05) is 46.9 Å². The third kappa shape index (κ3) is 5.56. The Morgan fingerprint density at radius 1 is 0.921 bits per heavy atom. The molecule has 2 aromatic carbocycles. The molecule has 0 aliphatic heterocycles. The molecule has 0 radical (unpaired) electrons. The Bertz CT molecular complexity index is 1540. The Morgan fingerprint density at radius 2 is 1.76 bits per heavy atom. The number of benzene rings is 2. The van der Waals surface area contributed by atoms with Gasteiger partial charge in [-0.15, -0.1) is 10.2 Å². The van der Waals surface area contributed by atoms with Crippen LogP contribution in [0.15, 0.2) is 91.4 Å². The smallest absolute Gasteiger partial charge is 0.164 e. The summed E-state index contributed by atoms with van der Waals surface area (Å²) in [5.74, 6) is 0.467. The highest BCUT2D eigenvalue weighted by atomic mass is 16.3. The highest BCUT2D eigenvalue weighted by Crippen LogP contribution is 2.37. The number of aliphatic hydroxyl groups excluding tert-OH is 2. The van der Waals surface area contributed by atoms with Gasteiger partial charge >= 0.3 is 0 Å². The van der Waals surface area contributed by atoms with Crippen LogP contribution < -0.4 is 5.32 Å². The number of aliphatic hydroxyl groups is 2. The molecule has 190 valence electrons. The predicted molar refractivity (Wildman–Crippen MR) is 146 cm³/mol. The minimum Gasteiger partial charge on any atom is -0.394 e. The molecule has 8 heteroatoms. The van der Waals surface area contributed by atoms with Crippen LogP contribution in [0.5, 0.6) is 0 Å². The molecule has 0 amide bonds. The molecule has 0 aliphatic rings. The van der Waals surface area contributed by atoms with Crippen molar-refractivity contribution < 1.29 is 15.0 Å². The number of rotatable bonds is 10. The summed E-state index contributed by atoms with van der Waals surface area (Å²) in [5, 5.41) is 33.0. The van der Waals surface area contributed by atoms with Crippen LogP contribution in [-0.2, 0) is 6.54 Å². The fourth-order valence-electron chi connectivity index (χ4n) is 4.34. The van der Waals surface area contributed by atoms with Crippen LogP contribution >= 0.6 is 0 Å². The largest absolute Gasteiger partial charge is 0.394 e. The van der Waals surface area contributed by atoms with Crippen LogP contribution in [0.2, 0.25) is 0 Å². The summed E-state index contributed by atoms with van der Waals surface area (Å²) in [6, 6.07) is 23.6. The molecule has 0 aliphatic carbocycles. The zero-order valence-electron chi connectivity index (χ0n) is 20.7. The third-order valence-corrected chi connectivity index (χ3v) is 6.30. The highest BCUT2D eigenvalue weighted by molar-refractivity contribution is 6.08. The second-order valence-corrected chi connectivity index (χ2v) is 8.93. The summed E-state index contributed by atoms with van der Waals surface area (Å²) >= 11 is 0. The molecule has 1 atom stereocenters. The lowest BCUT2D eigenvalue weighted by atomic mass is 9.96. The number of pyridine rings is 2. The van der Waals surface area contributed by atoms with Crippen LogP contribution in [0.1, 0.15) is 28.9 Å². The third-order valence-electron chi connectivity index (χ3n) is 6.30. The van der Waals surface area contributed by atoms with Gasteiger partial charge in [-0.2, -0.15) is 0 Å². The maximum Gasteiger partial charge on any atom is 0.164 e. The van der Waals surface area contributed by atoms with Crippen molar-refractivity contribution in [1.82, 2.24) is 20.2 Å². The fourth-order valence-corrected chi connectivity index (χ4v) is 4.34. The molecule has 0 fully saturated rings. The van der Waals surface area contributed by atoms with Gasteiger partial charge in [0.1, 0.15) is 5.69 Å². The Hall–Kier alpha value is -4.53. The topological polar surface area (TPSA) is 121 Å². The van der Waals surface area contributed by atoms with Crippen molar-refractivity contribution in [1.29, 1.82) is 0 Å². The average Bonchev–Trinajstić information content (AvgIpc) is 2.99. The number of hydrogen-bond donors (Lipinski definition) is 3. The summed E-state index contributed by atoms with van der Waals surface area (Å²) in [4.78, 5) is 21.4. The lowest BCUT2D eigenvalue weighted by molar-refractivity contribution is 0.0779. The maximum absolute atomic E-state index is 12.7. The molecule has 0 saturated carbocycles. The molecule has 8 nitrogen and oxygen atoms in total. The van der Waals surface area contributed by atoms with E-state index in [1.807, 2.05) is 48.5 Å². The van der Waals surface area contributed by atoms with E-state index in [9.17, 15) is 9.90 Å². The highest BCUT2D eigenvalue weighted by Gasteiger charge is 2.17. The predicted octanol–water partition coefficient (Wildman–Crippen LogP) is 4.68. The van der Waals surface area contributed by atoms with Crippen molar-refractivity contribution in [3.05, 3.63) is 103 Å². The van der Waals surface area contributed by atoms with Crippen molar-refractivity contribution in [2.45, 2.75) is 25.5 Å². The van der Waals surface area contributed by atoms with E-state index in [2.05, 4.69) is 43.7 Å². The van der Waals surface area contributed by atoms with E-state index in [0.717, 1.165) is 27.6 Å². The van der Waals surface area contributed by atoms with E-state index >= 15 is 0 Å². The van der Waals surface area contributed by atoms with E-state index in [-0.39, 0.29) is 25.2 Å². The van der Waals surface area contributed by atoms with E-state index in [1.54, 1.807) is 18.5 Å². The van der Waals surface area contributed by atoms with Crippen LogP contribution in [0.3, 0.4) is 0 Å². The summed E-state index contributed by atoms with van der Waals surface area (Å²) in [5.41, 5.74) is 4.62. The number of fused-ring (bicyclic) bond motifs is 1. The first-order valence-corrected chi connectivity index (χ1v) is 12.4. The number of carbonyl (C=O) groups excluding carboxylic acids is 1. The zero-order valence-corrected chi connectivity index (χ0v) is 20.7. The number of aromatic nitrogens is 4. The molecule has 0 bridgehead atoms. The van der Waals surface area contributed by atoms with Crippen molar-refractivity contribution in [2.24, 2.45) is 0 Å². The standard InChI is InChI=1S/C30H27N5O3/c36-19-24(37)12-13-27(38)21-15-22(17-31-16-21)29-26-11-6-10-25(20-7-2-1-3-8-20)28(26)30(35-34-29)33-18-23-9-4-5-14-32-23/h1-11,14-17,24,36-37H,12-13,18-19H2,(H,33,35). The summed E-state index contributed by atoms with van der Waals surface area (Å²) in [7, 11) is 0. The quantitative estimate of drug-likeness (QED) is 0.234. The van der Waals surface area contributed by atoms with Crippen molar-refractivity contribution in [3.63, 3.8) is 0 Å². The minimum absolute atomic E-state index is 0.105. The van der Waals surface area contributed by atoms with Gasteiger partial charge < -0.3 is 15.5 Å². The number of ketones is 1. The van der Waals surface area contributed by atoms with Crippen LogP contribution in [0, 0.1) is 0 Å². The first kappa shape index (κ1) is 25.1. The molecule has 0 spiro atoms. The second kappa shape index (κ2) is 11.7. The molecule has 5 rings (SSSR count). The van der Waals surface area contributed by atoms with E-state index in [1.165, 1.54) is 6.20 Å². The summed E-state index contributed by atoms with van der Waals surface area (Å²) < 4.78 is 0. The summed E-state index contributed by atoms with van der Waals surface area (Å²) in [6.45, 7) is 0.107. The second-order valence-electron chi connectivity index (χ2n) is 8.93. The van der Waals surface area contributed by atoms with E-state index in [4.69, 9.17) is 5.11 Å². The molecule has 38 heavy (non-hydrogen) atoms. The lowest BCUT2D eigenvalue weighted by Gasteiger charge is -2.15. The van der Waals surface area contributed by atoms with Gasteiger partial charge in [-0.25, -0.2) is 0 Å². The molecular formula is C30H27N5O3. The van der Waals surface area contributed by atoms with Crippen molar-refractivity contribution >= 4 is 22.4 Å². The molecule has 3 aromatic heterocycles. The van der Waals surface area contributed by atoms with Gasteiger partial charge in [-0.05, 0) is 35.7 Å². The van der Waals surface area contributed by atoms with Gasteiger partial charge in [-0.3, -0.25) is 14.8 Å². The first-order valence-electron chi connectivity index (χ1n) is 12.4. The maximum atomic E-state index is 12.7. The number of anilines is 1. The molecule has 1 unspecified atom stereocenters. The Labute approximate surface area is 220 Å². The monoisotopic (exact) mass is 505 g/mol. The van der Waals surface area contributed by atoms with Crippen molar-refractivity contribution in [3.8, 4) is 22.4 Å². The average molecular weight is 506 g/mol. The Morgan fingerprint density at radius 3 is 2.55 bits per heavy atom. The van der Waals surface area contributed by atoms with Crippen LogP contribution in [0.25, 0.3) is 33.2 Å². The fraction of sp³-hybridized carbons (Fsp3) is 0.167. The normalized spacial score (nSPS) is 11.8. The number of Topliss-reactive ketones (excluding diaryl/α,β-unsaturated/α-hetero) is 1. The molecular weight excluding hydrogens is 478 g/mol. The van der Waals surface area contributed by atoms with Gasteiger partial charge in [0.05, 0.1) is 24.9 Å². The van der Waals surface area contributed by atoms with Crippen LogP contribution in [0.4, 0.5) is 5.82 Å². The number of nitrogens with zero attached hydrogens (tertiary/aromatic N) is 4. The van der Waals surface area contributed by atoms with Gasteiger partial charge in [-0.1, -0.05) is 54.6 Å². The Balaban J connectivity index is 1.58. The zero-order chi connectivity index (χ0) is 26.3. The molecule has 3 N–H and O–H groups in total. The van der Waals surface area contributed by atoms with Crippen LogP contribution in [-0.4, -0.2) is 48.9 Å². The lowest BCUT2D eigenvalue weighted by Crippen LogP contribution is -2.14.